The molecule has 0 atom stereocenters. The number of hydrogen-bond donors (Lipinski definition) is 0. The molecule has 0 spiro atoms. The van der Waals surface area contributed by atoms with Crippen molar-refractivity contribution >= 4 is 6.08 Å². The third kappa shape index (κ3) is 5.54. The van der Waals surface area contributed by atoms with Gasteiger partial charge in [0.2, 0.25) is 0 Å². The molecule has 2 heteroatoms. The molecule has 0 saturated heterocycles. The van der Waals surface area contributed by atoms with Crippen LogP contribution in [0.1, 0.15) is 73.6 Å². The number of hydrogen-bond acceptors (Lipinski definition) is 0. The Bertz CT molecular complexity index is 829. The summed E-state index contributed by atoms with van der Waals surface area (Å²) in [7, 11) is 0. The van der Waals surface area contributed by atoms with Gasteiger partial charge < -0.3 is 0 Å². The summed E-state index contributed by atoms with van der Waals surface area (Å²) < 4.78 is 27.5. The summed E-state index contributed by atoms with van der Waals surface area (Å²) in [4.78, 5) is 0. The van der Waals surface area contributed by atoms with Gasteiger partial charge in [0.1, 0.15) is 12.0 Å². The maximum atomic E-state index is 14.2. The van der Waals surface area contributed by atoms with E-state index in [0.717, 1.165) is 36.8 Å². The Labute approximate surface area is 161 Å². The lowest BCUT2D eigenvalue weighted by Crippen LogP contribution is -2.13. The minimum atomic E-state index is -0.630. The van der Waals surface area contributed by atoms with Gasteiger partial charge in [0.25, 0.3) is 0 Å². The quantitative estimate of drug-likeness (QED) is 0.511. The van der Waals surface area contributed by atoms with Crippen LogP contribution in [0.2, 0.25) is 0 Å². The first kappa shape index (κ1) is 19.4. The van der Waals surface area contributed by atoms with Crippen molar-refractivity contribution in [2.75, 3.05) is 0 Å². The maximum Gasteiger partial charge on any atom is 0.139 e. The summed E-state index contributed by atoms with van der Waals surface area (Å²) in [6.07, 6.45) is 8.60. The minimum absolute atomic E-state index is 0.291. The normalized spacial score (nSPS) is 19.7. The molecule has 1 aliphatic carbocycles. The van der Waals surface area contributed by atoms with Crippen molar-refractivity contribution in [1.29, 1.82) is 0 Å². The molecule has 0 radical (unpaired) electrons. The molecule has 1 aliphatic rings. The van der Waals surface area contributed by atoms with Crippen molar-refractivity contribution in [2.45, 2.75) is 57.5 Å². The van der Waals surface area contributed by atoms with Gasteiger partial charge in [-0.2, -0.15) is 0 Å². The topological polar surface area (TPSA) is 0 Å². The van der Waals surface area contributed by atoms with Crippen LogP contribution in [-0.2, 0) is 0 Å². The van der Waals surface area contributed by atoms with Crippen molar-refractivity contribution in [3.8, 4) is 11.8 Å². The molecule has 27 heavy (non-hydrogen) atoms. The Balaban J connectivity index is 1.67. The fourth-order valence-electron chi connectivity index (χ4n) is 3.49. The number of rotatable bonds is 4. The third-order valence-corrected chi connectivity index (χ3v) is 5.14. The summed E-state index contributed by atoms with van der Waals surface area (Å²) in [6, 6.07) is 13.3. The van der Waals surface area contributed by atoms with Gasteiger partial charge in [-0.05, 0) is 73.4 Å². The summed E-state index contributed by atoms with van der Waals surface area (Å²) in [5.74, 6) is 6.13. The molecular weight excluding hydrogens is 338 g/mol. The van der Waals surface area contributed by atoms with E-state index >= 15 is 0 Å². The Hall–Kier alpha value is -2.40. The predicted molar refractivity (Wildman–Crippen MR) is 109 cm³/mol. The zero-order valence-electron chi connectivity index (χ0n) is 15.8. The van der Waals surface area contributed by atoms with Gasteiger partial charge in [-0.15, -0.1) is 0 Å². The van der Waals surface area contributed by atoms with Crippen molar-refractivity contribution in [1.82, 2.24) is 0 Å². The molecule has 2 aromatic carbocycles. The van der Waals surface area contributed by atoms with Crippen molar-refractivity contribution in [2.24, 2.45) is 0 Å². The molecule has 140 valence electrons. The number of unbranched alkanes of at least 4 members (excludes halogenated alkanes) is 1. The second-order valence-electron chi connectivity index (χ2n) is 7.25. The van der Waals surface area contributed by atoms with Gasteiger partial charge in [-0.3, -0.25) is 0 Å². The average Bonchev–Trinajstić information content (AvgIpc) is 2.69. The van der Waals surface area contributed by atoms with Gasteiger partial charge in [0.05, 0.1) is 5.56 Å². The maximum absolute atomic E-state index is 14.2. The highest BCUT2D eigenvalue weighted by Gasteiger charge is 2.21. The number of halogens is 2. The Morgan fingerprint density at radius 1 is 1.00 bits per heavy atom. The number of benzene rings is 2. The molecule has 0 aromatic heterocycles. The van der Waals surface area contributed by atoms with Gasteiger partial charge in [0, 0.05) is 5.56 Å². The average molecular weight is 364 g/mol. The van der Waals surface area contributed by atoms with Crippen LogP contribution in [0.4, 0.5) is 8.78 Å². The smallest absolute Gasteiger partial charge is 0.139 e. The Morgan fingerprint density at radius 2 is 1.74 bits per heavy atom. The van der Waals surface area contributed by atoms with Crippen LogP contribution in [0.3, 0.4) is 0 Å². The molecule has 0 aliphatic heterocycles. The van der Waals surface area contributed by atoms with Crippen LogP contribution in [-0.4, -0.2) is 6.17 Å². The summed E-state index contributed by atoms with van der Waals surface area (Å²) in [5, 5.41) is 0. The van der Waals surface area contributed by atoms with E-state index < -0.39 is 6.17 Å². The lowest BCUT2D eigenvalue weighted by atomic mass is 9.83. The fraction of sp³-hybridized carbons (Fsp3) is 0.360. The van der Waals surface area contributed by atoms with Gasteiger partial charge in [-0.1, -0.05) is 55.5 Å². The molecule has 3 rings (SSSR count). The first-order chi connectivity index (χ1) is 13.2. The molecule has 0 heterocycles. The second kappa shape index (κ2) is 9.51. The van der Waals surface area contributed by atoms with Crippen molar-refractivity contribution in [3.05, 3.63) is 76.6 Å². The van der Waals surface area contributed by atoms with E-state index in [1.807, 2.05) is 24.3 Å². The first-order valence-corrected chi connectivity index (χ1v) is 9.88. The van der Waals surface area contributed by atoms with E-state index in [-0.39, 0.29) is 5.82 Å². The Kier molecular flexibility index (Phi) is 6.82. The summed E-state index contributed by atoms with van der Waals surface area (Å²) >= 11 is 0. The highest BCUT2D eigenvalue weighted by Crippen LogP contribution is 2.34. The molecule has 2 aromatic rings. The zero-order valence-corrected chi connectivity index (χ0v) is 15.8. The lowest BCUT2D eigenvalue weighted by molar-refractivity contribution is 0.235. The van der Waals surface area contributed by atoms with E-state index in [4.69, 9.17) is 0 Å². The largest absolute Gasteiger partial charge is 0.247 e. The van der Waals surface area contributed by atoms with E-state index in [1.165, 1.54) is 11.6 Å². The van der Waals surface area contributed by atoms with Crippen LogP contribution in [0.15, 0.2) is 48.5 Å². The van der Waals surface area contributed by atoms with Crippen LogP contribution < -0.4 is 0 Å². The predicted octanol–water partition coefficient (Wildman–Crippen LogP) is 7.03. The van der Waals surface area contributed by atoms with E-state index in [0.29, 0.717) is 24.3 Å². The fourth-order valence-corrected chi connectivity index (χ4v) is 3.49. The zero-order chi connectivity index (χ0) is 19.1. The van der Waals surface area contributed by atoms with E-state index in [9.17, 15) is 8.78 Å². The summed E-state index contributed by atoms with van der Waals surface area (Å²) in [5.41, 5.74) is 3.39. The highest BCUT2D eigenvalue weighted by molar-refractivity contribution is 5.53. The molecule has 0 unspecified atom stereocenters. The molecule has 1 saturated carbocycles. The lowest BCUT2D eigenvalue weighted by Gasteiger charge is -2.24. The minimum Gasteiger partial charge on any atom is -0.247 e. The Morgan fingerprint density at radius 3 is 2.41 bits per heavy atom. The number of alkyl halides is 1. The monoisotopic (exact) mass is 364 g/mol. The molecule has 0 N–H and O–H groups in total. The van der Waals surface area contributed by atoms with Gasteiger partial charge >= 0.3 is 0 Å². The molecule has 1 fully saturated rings. The van der Waals surface area contributed by atoms with Crippen LogP contribution >= 0.6 is 0 Å². The van der Waals surface area contributed by atoms with E-state index in [1.54, 1.807) is 6.07 Å². The summed E-state index contributed by atoms with van der Waals surface area (Å²) in [6.45, 7) is 2.12. The van der Waals surface area contributed by atoms with Gasteiger partial charge in [-0.25, -0.2) is 8.78 Å². The van der Waals surface area contributed by atoms with Crippen LogP contribution in [0, 0.1) is 17.7 Å². The number of allylic oxidation sites excluding steroid dienone is 1. The molecule has 0 bridgehead atoms. The van der Waals surface area contributed by atoms with Crippen LogP contribution in [0.5, 0.6) is 0 Å². The standard InChI is InChI=1S/C25H26F2/c1-2-3-4-5-20-9-13-23(25(27)18-20)12-8-19-6-10-21(11-7-19)22-14-16-24(26)17-15-22/h4-7,9-11,13,18,22,24H,2-3,14-17H2,1H3/b5-4+. The second-order valence-corrected chi connectivity index (χ2v) is 7.25. The SMILES string of the molecule is CCC/C=C/c1ccc(C#Cc2ccc(C3CCC(F)CC3)cc2)c(F)c1. The van der Waals surface area contributed by atoms with Crippen molar-refractivity contribution < 1.29 is 8.78 Å². The van der Waals surface area contributed by atoms with E-state index in [2.05, 4.69) is 37.0 Å². The molecular formula is C25H26F2. The van der Waals surface area contributed by atoms with Gasteiger partial charge in [0.15, 0.2) is 0 Å². The molecule has 0 nitrogen and oxygen atoms in total. The van der Waals surface area contributed by atoms with Crippen LogP contribution in [0.25, 0.3) is 6.08 Å². The van der Waals surface area contributed by atoms with Crippen molar-refractivity contribution in [3.63, 3.8) is 0 Å². The third-order valence-electron chi connectivity index (χ3n) is 5.14. The first-order valence-electron chi connectivity index (χ1n) is 9.88. The molecule has 0 amide bonds. The highest BCUT2D eigenvalue weighted by atomic mass is 19.1.